The molecule has 21 heavy (non-hydrogen) atoms. The van der Waals surface area contributed by atoms with Crippen molar-refractivity contribution in [2.75, 3.05) is 38.2 Å². The molecule has 2 aromatic heterocycles. The molecule has 0 radical (unpaired) electrons. The second kappa shape index (κ2) is 5.95. The molecule has 7 nitrogen and oxygen atoms in total. The summed E-state index contributed by atoms with van der Waals surface area (Å²) in [6.45, 7) is 8.58. The molecular weight excluding hydrogens is 268 g/mol. The monoisotopic (exact) mass is 290 g/mol. The number of fused-ring (bicyclic) bond motifs is 1. The number of hydrogen-bond donors (Lipinski definition) is 1. The van der Waals surface area contributed by atoms with Crippen molar-refractivity contribution in [2.45, 2.75) is 19.9 Å². The Labute approximate surface area is 124 Å². The Morgan fingerprint density at radius 1 is 1.43 bits per heavy atom. The van der Waals surface area contributed by atoms with E-state index in [9.17, 15) is 0 Å². The molecule has 0 amide bonds. The third-order valence-electron chi connectivity index (χ3n) is 3.90. The van der Waals surface area contributed by atoms with Gasteiger partial charge >= 0.3 is 0 Å². The molecule has 0 aliphatic carbocycles. The maximum Gasteiger partial charge on any atom is 0.163 e. The van der Waals surface area contributed by atoms with Crippen LogP contribution in [0.4, 0.5) is 5.82 Å². The summed E-state index contributed by atoms with van der Waals surface area (Å²) in [5, 5.41) is 8.65. The van der Waals surface area contributed by atoms with Crippen LogP contribution in [0.25, 0.3) is 11.0 Å². The van der Waals surface area contributed by atoms with Crippen molar-refractivity contribution in [1.29, 1.82) is 0 Å². The van der Waals surface area contributed by atoms with Crippen molar-refractivity contribution in [3.63, 3.8) is 0 Å². The van der Waals surface area contributed by atoms with Gasteiger partial charge in [-0.1, -0.05) is 0 Å². The zero-order valence-corrected chi connectivity index (χ0v) is 12.8. The fourth-order valence-corrected chi connectivity index (χ4v) is 2.68. The van der Waals surface area contributed by atoms with E-state index in [1.54, 1.807) is 4.68 Å². The fraction of sp³-hybridized carbons (Fsp3) is 0.643. The van der Waals surface area contributed by atoms with Gasteiger partial charge in [0.25, 0.3) is 0 Å². The third-order valence-corrected chi connectivity index (χ3v) is 3.90. The lowest BCUT2D eigenvalue weighted by molar-refractivity contribution is 0.00181. The van der Waals surface area contributed by atoms with E-state index in [1.165, 1.54) is 0 Å². The fourth-order valence-electron chi connectivity index (χ4n) is 2.68. The molecule has 114 valence electrons. The van der Waals surface area contributed by atoms with Crippen molar-refractivity contribution in [3.8, 4) is 0 Å². The predicted octanol–water partition coefficient (Wildman–Crippen LogP) is 0.804. The molecule has 3 heterocycles. The van der Waals surface area contributed by atoms with Gasteiger partial charge in [-0.3, -0.25) is 9.58 Å². The number of aryl methyl sites for hydroxylation is 2. The smallest absolute Gasteiger partial charge is 0.163 e. The number of hydrogen-bond acceptors (Lipinski definition) is 6. The summed E-state index contributed by atoms with van der Waals surface area (Å²) in [4.78, 5) is 11.4. The van der Waals surface area contributed by atoms with E-state index in [4.69, 9.17) is 4.74 Å². The third kappa shape index (κ3) is 2.98. The Morgan fingerprint density at radius 3 is 3.10 bits per heavy atom. The molecule has 1 saturated heterocycles. The Balaban J connectivity index is 1.67. The van der Waals surface area contributed by atoms with Crippen LogP contribution in [0.2, 0.25) is 0 Å². The standard InChI is InChI=1S/C14H22N6O/c1-10-9-21-7-6-20(10)5-4-15-13-12-8-16-19(3)14(12)18-11(2)17-13/h8,10H,4-7,9H2,1-3H3,(H,15,17,18). The van der Waals surface area contributed by atoms with Crippen LogP contribution in [-0.2, 0) is 11.8 Å². The van der Waals surface area contributed by atoms with Crippen LogP contribution in [0.3, 0.4) is 0 Å². The second-order valence-corrected chi connectivity index (χ2v) is 5.51. The van der Waals surface area contributed by atoms with Crippen LogP contribution < -0.4 is 5.32 Å². The molecule has 7 heteroatoms. The highest BCUT2D eigenvalue weighted by Crippen LogP contribution is 2.19. The maximum absolute atomic E-state index is 5.46. The Morgan fingerprint density at radius 2 is 2.29 bits per heavy atom. The van der Waals surface area contributed by atoms with Crippen LogP contribution in [0.15, 0.2) is 6.20 Å². The predicted molar refractivity (Wildman–Crippen MR) is 81.4 cm³/mol. The first-order valence-corrected chi connectivity index (χ1v) is 7.37. The van der Waals surface area contributed by atoms with Crippen LogP contribution in [0.1, 0.15) is 12.7 Å². The SMILES string of the molecule is Cc1nc(NCCN2CCOCC2C)c2cnn(C)c2n1. The van der Waals surface area contributed by atoms with Gasteiger partial charge in [0, 0.05) is 32.7 Å². The molecule has 0 saturated carbocycles. The zero-order chi connectivity index (χ0) is 14.8. The minimum absolute atomic E-state index is 0.478. The number of ether oxygens (including phenoxy) is 1. The second-order valence-electron chi connectivity index (χ2n) is 5.51. The van der Waals surface area contributed by atoms with Gasteiger partial charge in [-0.05, 0) is 13.8 Å². The Bertz CT molecular complexity index is 625. The van der Waals surface area contributed by atoms with E-state index >= 15 is 0 Å². The lowest BCUT2D eigenvalue weighted by Gasteiger charge is -2.33. The van der Waals surface area contributed by atoms with Crippen molar-refractivity contribution in [2.24, 2.45) is 7.05 Å². The van der Waals surface area contributed by atoms with Gasteiger partial charge in [0.1, 0.15) is 11.6 Å². The molecule has 2 aromatic rings. The summed E-state index contributed by atoms with van der Waals surface area (Å²) < 4.78 is 7.24. The normalized spacial score (nSPS) is 20.0. The number of aromatic nitrogens is 4. The molecule has 0 bridgehead atoms. The quantitative estimate of drug-likeness (QED) is 0.898. The first-order chi connectivity index (χ1) is 10.1. The highest BCUT2D eigenvalue weighted by atomic mass is 16.5. The Hall–Kier alpha value is -1.73. The van der Waals surface area contributed by atoms with Crippen molar-refractivity contribution in [3.05, 3.63) is 12.0 Å². The lowest BCUT2D eigenvalue weighted by atomic mass is 10.2. The average Bonchev–Trinajstić information content (AvgIpc) is 2.83. The molecule has 0 spiro atoms. The highest BCUT2D eigenvalue weighted by molar-refractivity contribution is 5.86. The van der Waals surface area contributed by atoms with Gasteiger partial charge in [-0.15, -0.1) is 0 Å². The van der Waals surface area contributed by atoms with Gasteiger partial charge in [-0.2, -0.15) is 5.10 Å². The number of nitrogens with one attached hydrogen (secondary N) is 1. The first-order valence-electron chi connectivity index (χ1n) is 7.37. The number of nitrogens with zero attached hydrogens (tertiary/aromatic N) is 5. The molecule has 1 fully saturated rings. The maximum atomic E-state index is 5.46. The van der Waals surface area contributed by atoms with Gasteiger partial charge in [0.15, 0.2) is 5.65 Å². The molecule has 1 unspecified atom stereocenters. The minimum Gasteiger partial charge on any atom is -0.379 e. The molecule has 0 aromatic carbocycles. The van der Waals surface area contributed by atoms with E-state index in [-0.39, 0.29) is 0 Å². The van der Waals surface area contributed by atoms with E-state index in [1.807, 2.05) is 20.2 Å². The number of anilines is 1. The average molecular weight is 290 g/mol. The van der Waals surface area contributed by atoms with Crippen LogP contribution >= 0.6 is 0 Å². The van der Waals surface area contributed by atoms with E-state index in [0.29, 0.717) is 6.04 Å². The van der Waals surface area contributed by atoms with E-state index in [2.05, 4.69) is 32.2 Å². The summed E-state index contributed by atoms with van der Waals surface area (Å²) >= 11 is 0. The first kappa shape index (κ1) is 14.2. The number of morpholine rings is 1. The van der Waals surface area contributed by atoms with Gasteiger partial charge < -0.3 is 10.1 Å². The van der Waals surface area contributed by atoms with Crippen molar-refractivity contribution < 1.29 is 4.74 Å². The van der Waals surface area contributed by atoms with Gasteiger partial charge in [0.05, 0.1) is 24.8 Å². The van der Waals surface area contributed by atoms with E-state index in [0.717, 1.165) is 55.5 Å². The molecule has 3 rings (SSSR count). The van der Waals surface area contributed by atoms with E-state index < -0.39 is 0 Å². The largest absolute Gasteiger partial charge is 0.379 e. The van der Waals surface area contributed by atoms with Crippen LogP contribution in [0.5, 0.6) is 0 Å². The van der Waals surface area contributed by atoms with Gasteiger partial charge in [0.2, 0.25) is 0 Å². The molecule has 1 aliphatic heterocycles. The highest BCUT2D eigenvalue weighted by Gasteiger charge is 2.18. The summed E-state index contributed by atoms with van der Waals surface area (Å²) in [5.41, 5.74) is 0.866. The number of rotatable bonds is 4. The van der Waals surface area contributed by atoms with Crippen LogP contribution in [-0.4, -0.2) is 63.5 Å². The molecule has 1 aliphatic rings. The lowest BCUT2D eigenvalue weighted by Crippen LogP contribution is -2.45. The molecule has 1 atom stereocenters. The molecule has 1 N–H and O–H groups in total. The minimum atomic E-state index is 0.478. The topological polar surface area (TPSA) is 68.1 Å². The van der Waals surface area contributed by atoms with Crippen molar-refractivity contribution >= 4 is 16.9 Å². The van der Waals surface area contributed by atoms with Crippen LogP contribution in [0, 0.1) is 6.92 Å². The molecular formula is C14H22N6O. The van der Waals surface area contributed by atoms with Crippen molar-refractivity contribution in [1.82, 2.24) is 24.6 Å². The summed E-state index contributed by atoms with van der Waals surface area (Å²) in [6.07, 6.45) is 1.81. The summed E-state index contributed by atoms with van der Waals surface area (Å²) in [6, 6.07) is 0.478. The van der Waals surface area contributed by atoms with Gasteiger partial charge in [-0.25, -0.2) is 9.97 Å². The Kier molecular flexibility index (Phi) is 4.03. The summed E-state index contributed by atoms with van der Waals surface area (Å²) in [5.74, 6) is 1.62. The summed E-state index contributed by atoms with van der Waals surface area (Å²) in [7, 11) is 1.90. The zero-order valence-electron chi connectivity index (χ0n) is 12.8.